The highest BCUT2D eigenvalue weighted by Gasteiger charge is 2.30. The maximum atomic E-state index is 12.7. The minimum absolute atomic E-state index is 0.280. The van der Waals surface area contributed by atoms with Crippen molar-refractivity contribution in [3.05, 3.63) is 104 Å². The number of aromatic nitrogens is 2. The van der Waals surface area contributed by atoms with Crippen LogP contribution in [0.4, 0.5) is 4.79 Å². The van der Waals surface area contributed by atoms with Gasteiger partial charge in [0.1, 0.15) is 11.6 Å². The van der Waals surface area contributed by atoms with Gasteiger partial charge in [-0.05, 0) is 90.8 Å². The maximum Gasteiger partial charge on any atom is 0.410 e. The monoisotopic (exact) mass is 542 g/mol. The number of halogens is 1. The van der Waals surface area contributed by atoms with E-state index in [9.17, 15) is 10.3 Å². The summed E-state index contributed by atoms with van der Waals surface area (Å²) in [4.78, 5) is 22.0. The van der Waals surface area contributed by atoms with Gasteiger partial charge in [-0.3, -0.25) is 0 Å². The summed E-state index contributed by atoms with van der Waals surface area (Å²) in [5.74, 6) is 0. The molecule has 1 aromatic heterocycles. The van der Waals surface area contributed by atoms with Crippen LogP contribution in [0.1, 0.15) is 67.6 Å². The van der Waals surface area contributed by atoms with Crippen LogP contribution in [-0.4, -0.2) is 39.2 Å². The van der Waals surface area contributed by atoms with Crippen LogP contribution in [0.25, 0.3) is 27.7 Å². The van der Waals surface area contributed by atoms with Crippen LogP contribution in [0.15, 0.2) is 65.7 Å². The molecule has 1 aliphatic carbocycles. The highest BCUT2D eigenvalue weighted by atomic mass is 35.5. The van der Waals surface area contributed by atoms with Gasteiger partial charge in [0.05, 0.1) is 12.0 Å². The van der Waals surface area contributed by atoms with Crippen LogP contribution >= 0.6 is 11.6 Å². The molecule has 1 saturated heterocycles. The molecule has 0 spiro atoms. The van der Waals surface area contributed by atoms with Gasteiger partial charge in [0.25, 0.3) is 0 Å². The maximum absolute atomic E-state index is 12.7. The number of nitrogens with zero attached hydrogens (tertiary/aromatic N) is 6. The second-order valence-corrected chi connectivity index (χ2v) is 11.3. The molecule has 0 radical (unpaired) electrons. The first-order chi connectivity index (χ1) is 18.7. The summed E-state index contributed by atoms with van der Waals surface area (Å²) in [6, 6.07) is 13.5. The number of amides is 1. The second kappa shape index (κ2) is 10.6. The summed E-state index contributed by atoms with van der Waals surface area (Å²) in [6.07, 6.45) is 6.69. The van der Waals surface area contributed by atoms with Crippen LogP contribution in [-0.2, 0) is 11.8 Å². The van der Waals surface area contributed by atoms with Crippen molar-refractivity contribution in [2.24, 2.45) is 12.2 Å². The summed E-state index contributed by atoms with van der Waals surface area (Å²) in [5.41, 5.74) is 17.1. The molecule has 2 heterocycles. The number of piperidine rings is 1. The van der Waals surface area contributed by atoms with E-state index in [2.05, 4.69) is 33.2 Å². The lowest BCUT2D eigenvalue weighted by Crippen LogP contribution is -2.40. The Balaban J connectivity index is 1.65. The molecule has 2 aliphatic rings. The van der Waals surface area contributed by atoms with E-state index in [-0.39, 0.29) is 6.09 Å². The number of azide groups is 1. The SMILES string of the molecule is Cn1cncc1C(N=[N+]=[N-])C1=Cc2ccccc2C(=C2CCN(C(=O)OC(C)(C)C)CC2)c2ccc(Cl)cc21. The topological polar surface area (TPSA) is 96.1 Å². The number of aryl methyl sites for hydroxylation is 1. The number of carbonyl (C=O) groups excluding carboxylic acids is 1. The van der Waals surface area contributed by atoms with E-state index in [1.807, 2.05) is 62.7 Å². The van der Waals surface area contributed by atoms with E-state index in [0.717, 1.165) is 51.9 Å². The summed E-state index contributed by atoms with van der Waals surface area (Å²) in [6.45, 7) is 6.80. The third kappa shape index (κ3) is 5.44. The Morgan fingerprint density at radius 1 is 1.13 bits per heavy atom. The van der Waals surface area contributed by atoms with Gasteiger partial charge >= 0.3 is 6.09 Å². The zero-order chi connectivity index (χ0) is 27.7. The summed E-state index contributed by atoms with van der Waals surface area (Å²) >= 11 is 6.56. The lowest BCUT2D eigenvalue weighted by Gasteiger charge is -2.32. The van der Waals surface area contributed by atoms with Crippen molar-refractivity contribution in [1.29, 1.82) is 0 Å². The first kappa shape index (κ1) is 26.6. The Hall–Kier alpha value is -4.00. The molecule has 9 heteroatoms. The fourth-order valence-corrected chi connectivity index (χ4v) is 5.49. The number of fused-ring (bicyclic) bond motifs is 2. The van der Waals surface area contributed by atoms with E-state index in [1.54, 1.807) is 17.4 Å². The van der Waals surface area contributed by atoms with Gasteiger partial charge in [0.2, 0.25) is 0 Å². The molecule has 1 unspecified atom stereocenters. The first-order valence-corrected chi connectivity index (χ1v) is 13.4. The summed E-state index contributed by atoms with van der Waals surface area (Å²) in [7, 11) is 1.89. The molecule has 0 bridgehead atoms. The van der Waals surface area contributed by atoms with Gasteiger partial charge in [0.15, 0.2) is 0 Å². The van der Waals surface area contributed by atoms with Gasteiger partial charge in [-0.25, -0.2) is 9.78 Å². The molecular formula is C30H31ClN6O2. The number of hydrogen-bond acceptors (Lipinski definition) is 4. The minimum Gasteiger partial charge on any atom is -0.444 e. The summed E-state index contributed by atoms with van der Waals surface area (Å²) < 4.78 is 7.48. The van der Waals surface area contributed by atoms with Crippen molar-refractivity contribution >= 4 is 34.9 Å². The quantitative estimate of drug-likeness (QED) is 0.192. The molecule has 1 fully saturated rings. The number of ether oxygens (including phenoxy) is 1. The van der Waals surface area contributed by atoms with E-state index >= 15 is 0 Å². The zero-order valence-corrected chi connectivity index (χ0v) is 23.3. The standard InChI is InChI=1S/C30H31ClN6O2/c1-30(2,3)39-29(38)37-13-11-19(12-14-37)27-22-8-6-5-7-20(22)15-25(24-16-21(31)9-10-23(24)27)28(34-35-32)26-17-33-18-36(26)4/h5-10,15-18,28H,11-14H2,1-4H3. The lowest BCUT2D eigenvalue weighted by molar-refractivity contribution is 0.0236. The number of imidazole rings is 1. The molecule has 0 N–H and O–H groups in total. The van der Waals surface area contributed by atoms with Crippen LogP contribution in [0.3, 0.4) is 0 Å². The average molecular weight is 543 g/mol. The lowest BCUT2D eigenvalue weighted by atomic mass is 9.85. The van der Waals surface area contributed by atoms with E-state index in [4.69, 9.17) is 16.3 Å². The second-order valence-electron chi connectivity index (χ2n) is 10.9. The van der Waals surface area contributed by atoms with Gasteiger partial charge in [-0.15, -0.1) is 0 Å². The van der Waals surface area contributed by atoms with Gasteiger partial charge < -0.3 is 14.2 Å². The normalized spacial score (nSPS) is 15.9. The molecule has 1 amide bonds. The molecule has 200 valence electrons. The van der Waals surface area contributed by atoms with Crippen LogP contribution in [0.5, 0.6) is 0 Å². The Morgan fingerprint density at radius 2 is 1.87 bits per heavy atom. The number of carbonyl (C=O) groups is 1. The fraction of sp³-hybridized carbons (Fsp3) is 0.333. The van der Waals surface area contributed by atoms with E-state index in [0.29, 0.717) is 18.1 Å². The third-order valence-corrected chi connectivity index (χ3v) is 7.31. The Bertz CT molecular complexity index is 1530. The Kier molecular flexibility index (Phi) is 7.25. The van der Waals surface area contributed by atoms with Gasteiger partial charge in [-0.1, -0.05) is 52.6 Å². The van der Waals surface area contributed by atoms with Crippen LogP contribution < -0.4 is 0 Å². The zero-order valence-electron chi connectivity index (χ0n) is 22.6. The number of rotatable bonds is 3. The largest absolute Gasteiger partial charge is 0.444 e. The van der Waals surface area contributed by atoms with Crippen molar-refractivity contribution in [3.8, 4) is 0 Å². The fourth-order valence-electron chi connectivity index (χ4n) is 5.32. The molecular weight excluding hydrogens is 512 g/mol. The Morgan fingerprint density at radius 3 is 2.54 bits per heavy atom. The number of hydrogen-bond donors (Lipinski definition) is 0. The molecule has 2 aromatic carbocycles. The Labute approximate surface area is 233 Å². The highest BCUT2D eigenvalue weighted by molar-refractivity contribution is 6.31. The number of benzene rings is 2. The van der Waals surface area contributed by atoms with E-state index in [1.165, 1.54) is 5.57 Å². The predicted molar refractivity (Wildman–Crippen MR) is 154 cm³/mol. The van der Waals surface area contributed by atoms with Crippen molar-refractivity contribution in [2.75, 3.05) is 13.1 Å². The van der Waals surface area contributed by atoms with Crippen LogP contribution in [0.2, 0.25) is 5.02 Å². The summed E-state index contributed by atoms with van der Waals surface area (Å²) in [5, 5.41) is 4.82. The predicted octanol–water partition coefficient (Wildman–Crippen LogP) is 7.81. The molecule has 39 heavy (non-hydrogen) atoms. The van der Waals surface area contributed by atoms with Crippen molar-refractivity contribution in [2.45, 2.75) is 45.3 Å². The molecule has 1 atom stereocenters. The van der Waals surface area contributed by atoms with Gasteiger partial charge in [-0.2, -0.15) is 0 Å². The molecule has 3 aromatic rings. The molecule has 1 aliphatic heterocycles. The molecule has 0 saturated carbocycles. The van der Waals surface area contributed by atoms with Crippen molar-refractivity contribution in [3.63, 3.8) is 0 Å². The number of likely N-dealkylation sites (tertiary alicyclic amines) is 1. The molecule has 5 rings (SSSR count). The van der Waals surface area contributed by atoms with Crippen molar-refractivity contribution in [1.82, 2.24) is 14.5 Å². The highest BCUT2D eigenvalue weighted by Crippen LogP contribution is 2.46. The smallest absolute Gasteiger partial charge is 0.410 e. The minimum atomic E-state index is -0.605. The van der Waals surface area contributed by atoms with Crippen LogP contribution in [0, 0.1) is 0 Å². The van der Waals surface area contributed by atoms with Gasteiger partial charge in [0, 0.05) is 36.3 Å². The third-order valence-electron chi connectivity index (χ3n) is 7.07. The van der Waals surface area contributed by atoms with E-state index < -0.39 is 11.6 Å². The molecule has 8 nitrogen and oxygen atoms in total. The average Bonchev–Trinajstić information content (AvgIpc) is 3.26. The first-order valence-electron chi connectivity index (χ1n) is 13.0. The van der Waals surface area contributed by atoms with Crippen molar-refractivity contribution < 1.29 is 9.53 Å².